The van der Waals surface area contributed by atoms with Crippen LogP contribution in [0.4, 0.5) is 10.5 Å². The minimum atomic E-state index is -0.465. The monoisotopic (exact) mass is 462 g/mol. The van der Waals surface area contributed by atoms with E-state index in [0.29, 0.717) is 16.6 Å². The predicted octanol–water partition coefficient (Wildman–Crippen LogP) is 4.44. The van der Waals surface area contributed by atoms with Gasteiger partial charge in [0.15, 0.2) is 0 Å². The number of hydrogen-bond acceptors (Lipinski definition) is 5. The number of piperidine rings is 1. The summed E-state index contributed by atoms with van der Waals surface area (Å²) in [6.45, 7) is 8.97. The topological polar surface area (TPSA) is 65.1 Å². The lowest BCUT2D eigenvalue weighted by molar-refractivity contribution is 0.0147. The lowest BCUT2D eigenvalue weighted by atomic mass is 10.0. The van der Waals surface area contributed by atoms with E-state index in [1.54, 1.807) is 26.2 Å². The number of benzene rings is 1. The van der Waals surface area contributed by atoms with Crippen LogP contribution in [-0.4, -0.2) is 78.6 Å². The smallest absolute Gasteiger partial charge is 0.410 e. The first kappa shape index (κ1) is 24.4. The lowest BCUT2D eigenvalue weighted by Crippen LogP contribution is -2.49. The molecule has 1 aromatic rings. The van der Waals surface area contributed by atoms with Crippen molar-refractivity contribution in [3.63, 3.8) is 0 Å². The van der Waals surface area contributed by atoms with Crippen molar-refractivity contribution in [2.24, 2.45) is 0 Å². The van der Waals surface area contributed by atoms with Gasteiger partial charge in [-0.15, -0.1) is 0 Å². The number of hydrogen-bond donors (Lipinski definition) is 1. The number of anilines is 1. The van der Waals surface area contributed by atoms with E-state index in [1.165, 1.54) is 4.90 Å². The van der Waals surface area contributed by atoms with Gasteiger partial charge in [0.1, 0.15) is 5.60 Å². The number of ether oxygens (including phenoxy) is 1. The van der Waals surface area contributed by atoms with Crippen molar-refractivity contribution in [3.8, 4) is 0 Å². The fourth-order valence-electron chi connectivity index (χ4n) is 4.10. The van der Waals surface area contributed by atoms with Gasteiger partial charge in [-0.25, -0.2) is 4.79 Å². The first-order valence-electron chi connectivity index (χ1n) is 11.2. The average Bonchev–Trinajstić information content (AvgIpc) is 2.72. The molecule has 0 unspecified atom stereocenters. The Bertz CT molecular complexity index is 870. The molecule has 2 amide bonds. The number of halogens is 1. The molecule has 32 heavy (non-hydrogen) atoms. The number of nitrogens with zero attached hydrogens (tertiary/aromatic N) is 3. The summed E-state index contributed by atoms with van der Waals surface area (Å²) in [5, 5.41) is 3.91. The van der Waals surface area contributed by atoms with Crippen molar-refractivity contribution < 1.29 is 14.3 Å². The number of rotatable bonds is 4. The molecule has 1 aromatic carbocycles. The van der Waals surface area contributed by atoms with E-state index >= 15 is 0 Å². The van der Waals surface area contributed by atoms with Crippen molar-refractivity contribution in [2.75, 3.05) is 45.6 Å². The highest BCUT2D eigenvalue weighted by Crippen LogP contribution is 2.26. The van der Waals surface area contributed by atoms with E-state index in [2.05, 4.69) is 16.3 Å². The van der Waals surface area contributed by atoms with E-state index < -0.39 is 5.60 Å². The van der Waals surface area contributed by atoms with E-state index in [-0.39, 0.29) is 12.0 Å². The first-order valence-corrected chi connectivity index (χ1v) is 11.6. The molecule has 0 aliphatic carbocycles. The molecule has 2 heterocycles. The third kappa shape index (κ3) is 6.39. The highest BCUT2D eigenvalue weighted by atomic mass is 35.5. The Balaban J connectivity index is 1.54. The Hall–Kier alpha value is -2.25. The van der Waals surface area contributed by atoms with E-state index in [0.717, 1.165) is 56.8 Å². The maximum absolute atomic E-state index is 12.3. The molecule has 3 rings (SSSR count). The fraction of sp³-hybridized carbons (Fsp3) is 0.583. The molecule has 2 aliphatic heterocycles. The van der Waals surface area contributed by atoms with Gasteiger partial charge >= 0.3 is 6.09 Å². The number of nitrogens with one attached hydrogen (secondary N) is 1. The molecule has 0 aromatic heterocycles. The maximum atomic E-state index is 12.3. The van der Waals surface area contributed by atoms with Gasteiger partial charge in [-0.3, -0.25) is 9.69 Å². The molecule has 176 valence electrons. The number of carbonyl (C=O) groups excluding carboxylic acids is 2. The van der Waals surface area contributed by atoms with Crippen LogP contribution in [0.1, 0.15) is 50.4 Å². The van der Waals surface area contributed by atoms with Crippen molar-refractivity contribution in [2.45, 2.75) is 51.7 Å². The van der Waals surface area contributed by atoms with Crippen molar-refractivity contribution in [1.82, 2.24) is 14.7 Å². The standard InChI is InChI=1S/C24H35ClN4O3/c1-24(2,3)32-23(31)28-13-10-19(11-14-28)29-12-6-7-18(16-29)26-17-8-9-20(21(25)15-17)22(30)27(4)5/h7-9,15,19,26H,6,10-14,16H2,1-5H3. The third-order valence-corrected chi connectivity index (χ3v) is 6.04. The van der Waals surface area contributed by atoms with Gasteiger partial charge in [0.25, 0.3) is 5.91 Å². The van der Waals surface area contributed by atoms with Gasteiger partial charge in [0.05, 0.1) is 10.6 Å². The van der Waals surface area contributed by atoms with Crippen LogP contribution in [0, 0.1) is 0 Å². The van der Waals surface area contributed by atoms with Gasteiger partial charge < -0.3 is 19.9 Å². The van der Waals surface area contributed by atoms with E-state index in [1.807, 2.05) is 31.7 Å². The van der Waals surface area contributed by atoms with Crippen molar-refractivity contribution >= 4 is 29.3 Å². The predicted molar refractivity (Wildman–Crippen MR) is 128 cm³/mol. The summed E-state index contributed by atoms with van der Waals surface area (Å²) in [5.74, 6) is -0.109. The van der Waals surface area contributed by atoms with E-state index in [4.69, 9.17) is 16.3 Å². The van der Waals surface area contributed by atoms with Gasteiger partial charge in [-0.1, -0.05) is 17.7 Å². The summed E-state index contributed by atoms with van der Waals surface area (Å²) in [5.41, 5.74) is 2.04. The molecular formula is C24H35ClN4O3. The summed E-state index contributed by atoms with van der Waals surface area (Å²) in [6.07, 6.45) is 4.86. The second-order valence-electron chi connectivity index (χ2n) is 9.71. The molecular weight excluding hydrogens is 428 g/mol. The Morgan fingerprint density at radius 1 is 1.16 bits per heavy atom. The van der Waals surface area contributed by atoms with Gasteiger partial charge in [0, 0.05) is 57.7 Å². The fourth-order valence-corrected chi connectivity index (χ4v) is 4.36. The summed E-state index contributed by atoms with van der Waals surface area (Å²) in [4.78, 5) is 30.3. The molecule has 0 spiro atoms. The maximum Gasteiger partial charge on any atom is 0.410 e. The minimum Gasteiger partial charge on any atom is -0.444 e. The first-order chi connectivity index (χ1) is 15.0. The van der Waals surface area contributed by atoms with Gasteiger partial charge in [0.2, 0.25) is 0 Å². The summed E-state index contributed by atoms with van der Waals surface area (Å²) in [7, 11) is 3.43. The minimum absolute atomic E-state index is 0.109. The second kappa shape index (κ2) is 10.1. The highest BCUT2D eigenvalue weighted by molar-refractivity contribution is 6.34. The Kier molecular flexibility index (Phi) is 7.72. The van der Waals surface area contributed by atoms with Gasteiger partial charge in [-0.2, -0.15) is 0 Å². The second-order valence-corrected chi connectivity index (χ2v) is 10.1. The van der Waals surface area contributed by atoms with Crippen LogP contribution in [0.2, 0.25) is 5.02 Å². The van der Waals surface area contributed by atoms with Crippen LogP contribution in [0.5, 0.6) is 0 Å². The molecule has 1 fully saturated rings. The third-order valence-electron chi connectivity index (χ3n) is 5.72. The van der Waals surface area contributed by atoms with E-state index in [9.17, 15) is 9.59 Å². The van der Waals surface area contributed by atoms with Crippen molar-refractivity contribution in [3.05, 3.63) is 40.6 Å². The Morgan fingerprint density at radius 2 is 1.84 bits per heavy atom. The molecule has 8 heteroatoms. The van der Waals surface area contributed by atoms with Gasteiger partial charge in [-0.05, 0) is 58.2 Å². The summed E-state index contributed by atoms with van der Waals surface area (Å²) >= 11 is 6.36. The molecule has 7 nitrogen and oxygen atoms in total. The van der Waals surface area contributed by atoms with Crippen molar-refractivity contribution in [1.29, 1.82) is 0 Å². The molecule has 1 N–H and O–H groups in total. The zero-order valence-electron chi connectivity index (χ0n) is 19.8. The SMILES string of the molecule is CN(C)C(=O)c1ccc(NC2=CCCN(C3CCN(C(=O)OC(C)(C)C)CC3)C2)cc1Cl. The summed E-state index contributed by atoms with van der Waals surface area (Å²) < 4.78 is 5.51. The summed E-state index contributed by atoms with van der Waals surface area (Å²) in [6, 6.07) is 5.91. The van der Waals surface area contributed by atoms with Crippen LogP contribution in [-0.2, 0) is 4.74 Å². The van der Waals surface area contributed by atoms with Crippen LogP contribution < -0.4 is 5.32 Å². The number of likely N-dealkylation sites (tertiary alicyclic amines) is 1. The molecule has 0 saturated carbocycles. The number of carbonyl (C=O) groups is 2. The van der Waals surface area contributed by atoms with Crippen LogP contribution in [0.15, 0.2) is 30.0 Å². The number of amides is 2. The molecule has 2 aliphatic rings. The zero-order chi connectivity index (χ0) is 23.5. The molecule has 0 bridgehead atoms. The van der Waals surface area contributed by atoms with Crippen LogP contribution in [0.3, 0.4) is 0 Å². The quantitative estimate of drug-likeness (QED) is 0.716. The highest BCUT2D eigenvalue weighted by Gasteiger charge is 2.30. The van der Waals surface area contributed by atoms with Crippen LogP contribution >= 0.6 is 11.6 Å². The van der Waals surface area contributed by atoms with Crippen LogP contribution in [0.25, 0.3) is 0 Å². The largest absolute Gasteiger partial charge is 0.444 e. The lowest BCUT2D eigenvalue weighted by Gasteiger charge is -2.40. The normalized spacial score (nSPS) is 18.2. The zero-order valence-corrected chi connectivity index (χ0v) is 20.5. The molecule has 0 atom stereocenters. The molecule has 1 saturated heterocycles. The average molecular weight is 463 g/mol. The Morgan fingerprint density at radius 3 is 2.44 bits per heavy atom. The Labute approximate surface area is 196 Å². The molecule has 0 radical (unpaired) electrons.